The molecule has 0 rings (SSSR count). The van der Waals surface area contributed by atoms with Gasteiger partial charge < -0.3 is 30.8 Å². The van der Waals surface area contributed by atoms with E-state index in [1.807, 2.05) is 0 Å². The van der Waals surface area contributed by atoms with Crippen molar-refractivity contribution in [1.29, 1.82) is 0 Å². The van der Waals surface area contributed by atoms with Gasteiger partial charge in [0.2, 0.25) is 0 Å². The molecule has 15 heavy (non-hydrogen) atoms. The smallest absolute Gasteiger partial charge is 0.111 e. The Balaban J connectivity index is 3.83. The predicted octanol–water partition coefficient (Wildman–Crippen LogP) is -2.58. The van der Waals surface area contributed by atoms with Gasteiger partial charge in [0, 0.05) is 7.92 Å². The summed E-state index contributed by atoms with van der Waals surface area (Å²) >= 11 is 0. The van der Waals surface area contributed by atoms with Gasteiger partial charge in [0.1, 0.15) is 18.3 Å². The Hall–Kier alpha value is -0.240. The molecule has 92 valence electrons. The monoisotopic (exact) mass is 224 g/mol. The molecule has 0 unspecified atom stereocenters. The molecular weight excluding hydrogens is 202 g/mol. The lowest BCUT2D eigenvalue weighted by molar-refractivity contribution is -0.113. The summed E-state index contributed by atoms with van der Waals surface area (Å²) in [6.07, 6.45) is -5.19. The van der Waals surface area contributed by atoms with Crippen molar-refractivity contribution in [2.45, 2.75) is 37.7 Å². The lowest BCUT2D eigenvalue weighted by Crippen LogP contribution is -2.49. The van der Waals surface area contributed by atoms with Gasteiger partial charge in [-0.15, -0.1) is 0 Å². The summed E-state index contributed by atoms with van der Waals surface area (Å²) in [4.78, 5) is 0. The molecule has 0 saturated carbocycles. The summed E-state index contributed by atoms with van der Waals surface area (Å²) in [6, 6.07) is 0. The summed E-state index contributed by atoms with van der Waals surface area (Å²) in [6.45, 7) is 0.178. The largest absolute Gasteiger partial charge is 0.394 e. The Kier molecular flexibility index (Phi) is 6.82. The minimum absolute atomic E-state index is 0.0520. The molecule has 0 spiro atoms. The number of hydrogen-bond donors (Lipinski definition) is 6. The van der Waals surface area contributed by atoms with E-state index in [-0.39, 0.29) is 13.4 Å². The van der Waals surface area contributed by atoms with Crippen LogP contribution in [0.3, 0.4) is 0 Å². The van der Waals surface area contributed by atoms with Crippen LogP contribution in [0.25, 0.3) is 0 Å². The third-order valence-electron chi connectivity index (χ3n) is 2.03. The van der Waals surface area contributed by atoms with Crippen molar-refractivity contribution in [1.82, 2.24) is 5.32 Å². The van der Waals surface area contributed by atoms with Crippen molar-refractivity contribution in [2.75, 3.05) is 19.7 Å². The van der Waals surface area contributed by atoms with E-state index in [0.717, 1.165) is 0 Å². The van der Waals surface area contributed by atoms with E-state index in [0.29, 0.717) is 13.0 Å². The second-order valence-electron chi connectivity index (χ2n) is 3.36. The molecule has 4 atom stereocenters. The summed E-state index contributed by atoms with van der Waals surface area (Å²) in [5, 5.41) is 48.5. The first kappa shape index (κ1) is 12.8. The molecule has 0 aliphatic carbocycles. The van der Waals surface area contributed by atoms with Crippen LogP contribution in [-0.2, 0) is 0 Å². The number of hydrogen-bond acceptors (Lipinski definition) is 6. The van der Waals surface area contributed by atoms with Gasteiger partial charge in [0.15, 0.2) is 0 Å². The van der Waals surface area contributed by atoms with E-state index in [2.05, 4.69) is 5.32 Å². The average molecular weight is 224 g/mol. The van der Waals surface area contributed by atoms with Crippen LogP contribution in [0.15, 0.2) is 0 Å². The molecule has 0 amide bonds. The second-order valence-corrected chi connectivity index (χ2v) is 3.36. The first-order chi connectivity index (χ1) is 7.54. The molecule has 6 N–H and O–H groups in total. The minimum atomic E-state index is -1.59. The van der Waals surface area contributed by atoms with Crippen LogP contribution in [0, 0.1) is 0 Å². The van der Waals surface area contributed by atoms with E-state index >= 15 is 0 Å². The fourth-order valence-corrected chi connectivity index (χ4v) is 1.06. The molecule has 0 fully saturated rings. The summed E-state index contributed by atoms with van der Waals surface area (Å²) in [5.74, 6) is 0. The highest BCUT2D eigenvalue weighted by Crippen LogP contribution is 2.04. The summed E-state index contributed by atoms with van der Waals surface area (Å²) in [7, 11) is 0. The molecule has 0 aromatic heterocycles. The van der Waals surface area contributed by atoms with E-state index < -0.39 is 31.0 Å². The van der Waals surface area contributed by atoms with Gasteiger partial charge in [-0.2, -0.15) is 0 Å². The number of nitrogens with one attached hydrogen (secondary N) is 1. The van der Waals surface area contributed by atoms with Crippen LogP contribution in [0.5, 0.6) is 0 Å². The van der Waals surface area contributed by atoms with Crippen molar-refractivity contribution < 1.29 is 26.9 Å². The molecule has 0 aliphatic heterocycles. The Labute approximate surface area is 90.6 Å². The Morgan fingerprint density at radius 1 is 1.13 bits per heavy atom. The number of aliphatic hydroxyl groups excluding tert-OH is 5. The predicted molar refractivity (Wildman–Crippen MR) is 54.3 cm³/mol. The third-order valence-corrected chi connectivity index (χ3v) is 2.03. The fraction of sp³-hybridized carbons (Fsp3) is 1.00. The van der Waals surface area contributed by atoms with Gasteiger partial charge in [0.25, 0.3) is 0 Å². The summed E-state index contributed by atoms with van der Waals surface area (Å²) < 4.78 is 6.87. The van der Waals surface area contributed by atoms with Gasteiger partial charge >= 0.3 is 0 Å². The highest BCUT2D eigenvalue weighted by Gasteiger charge is 2.29. The topological polar surface area (TPSA) is 113 Å². The molecule has 0 heterocycles. The first-order valence-corrected chi connectivity index (χ1v) is 4.87. The number of aliphatic hydroxyl groups is 5. The fourth-order valence-electron chi connectivity index (χ4n) is 1.06. The highest BCUT2D eigenvalue weighted by atomic mass is 16.4. The second kappa shape index (κ2) is 7.98. The zero-order valence-corrected chi connectivity index (χ0v) is 8.58. The van der Waals surface area contributed by atoms with Crippen LogP contribution in [-0.4, -0.2) is 69.6 Å². The molecule has 6 heteroatoms. The SMILES string of the molecule is [2H]CCCNC[C@H](O)[C@@H](O)[C@H](O)[C@H](O)CO. The van der Waals surface area contributed by atoms with Crippen molar-refractivity contribution in [3.05, 3.63) is 0 Å². The van der Waals surface area contributed by atoms with Gasteiger partial charge in [0.05, 0.1) is 12.7 Å². The van der Waals surface area contributed by atoms with E-state index in [1.165, 1.54) is 0 Å². The zero-order chi connectivity index (χ0) is 12.6. The quantitative estimate of drug-likeness (QED) is 0.252. The zero-order valence-electron chi connectivity index (χ0n) is 9.58. The van der Waals surface area contributed by atoms with Gasteiger partial charge in [-0.25, -0.2) is 0 Å². The molecule has 0 bridgehead atoms. The van der Waals surface area contributed by atoms with Gasteiger partial charge in [-0.05, 0) is 13.0 Å². The lowest BCUT2D eigenvalue weighted by atomic mass is 10.0. The maximum absolute atomic E-state index is 9.42. The van der Waals surface area contributed by atoms with Crippen LogP contribution in [0.2, 0.25) is 0 Å². The molecule has 0 aromatic carbocycles. The lowest BCUT2D eigenvalue weighted by Gasteiger charge is -2.25. The highest BCUT2D eigenvalue weighted by molar-refractivity contribution is 4.81. The van der Waals surface area contributed by atoms with Crippen LogP contribution < -0.4 is 5.32 Å². The van der Waals surface area contributed by atoms with E-state index in [4.69, 9.17) is 11.6 Å². The van der Waals surface area contributed by atoms with E-state index in [9.17, 15) is 15.3 Å². The van der Waals surface area contributed by atoms with Crippen molar-refractivity contribution in [2.24, 2.45) is 0 Å². The standard InChI is InChI=1S/C9H21NO5/c1-2-3-10-4-6(12)8(14)9(15)7(13)5-11/h6-15H,2-5H2,1H3/t6-,7+,8+,9+/m0/s1/i1D. The Morgan fingerprint density at radius 2 is 1.73 bits per heavy atom. The van der Waals surface area contributed by atoms with Crippen molar-refractivity contribution in [3.8, 4) is 0 Å². The Bertz CT molecular complexity index is 174. The third kappa shape index (κ3) is 5.41. The normalized spacial score (nSPS) is 20.5. The van der Waals surface area contributed by atoms with Crippen LogP contribution in [0.1, 0.15) is 14.7 Å². The van der Waals surface area contributed by atoms with Crippen LogP contribution >= 0.6 is 0 Å². The van der Waals surface area contributed by atoms with E-state index in [1.54, 1.807) is 0 Å². The first-order valence-electron chi connectivity index (χ1n) is 5.58. The summed E-state index contributed by atoms with van der Waals surface area (Å²) in [5.41, 5.74) is 0. The minimum Gasteiger partial charge on any atom is -0.394 e. The van der Waals surface area contributed by atoms with Crippen molar-refractivity contribution in [3.63, 3.8) is 0 Å². The molecule has 0 saturated heterocycles. The van der Waals surface area contributed by atoms with Crippen molar-refractivity contribution >= 4 is 0 Å². The number of rotatable bonds is 8. The van der Waals surface area contributed by atoms with Crippen LogP contribution in [0.4, 0.5) is 0 Å². The molecule has 0 aliphatic rings. The molecule has 6 nitrogen and oxygen atoms in total. The Morgan fingerprint density at radius 3 is 2.27 bits per heavy atom. The molecule has 0 radical (unpaired) electrons. The average Bonchev–Trinajstić information content (AvgIpc) is 2.31. The maximum atomic E-state index is 9.42. The molecular formula is C9H21NO5. The maximum Gasteiger partial charge on any atom is 0.111 e. The van der Waals surface area contributed by atoms with Gasteiger partial charge in [-0.1, -0.05) is 6.90 Å². The van der Waals surface area contributed by atoms with Gasteiger partial charge in [-0.3, -0.25) is 0 Å². The molecule has 0 aromatic rings.